The Morgan fingerprint density at radius 3 is 2.15 bits per heavy atom. The molecule has 0 spiro atoms. The summed E-state index contributed by atoms with van der Waals surface area (Å²) in [5.74, 6) is -0.607. The van der Waals surface area contributed by atoms with Gasteiger partial charge in [-0.05, 0) is 56.5 Å². The molecule has 0 aliphatic carbocycles. The van der Waals surface area contributed by atoms with E-state index < -0.39 is 5.82 Å². The van der Waals surface area contributed by atoms with E-state index in [9.17, 15) is 9.18 Å². The Labute approximate surface area is 119 Å². The Bertz CT molecular complexity index is 648. The molecule has 0 fully saturated rings. The molecule has 20 heavy (non-hydrogen) atoms. The molecular weight excluding hydrogens is 251 g/mol. The third-order valence-electron chi connectivity index (χ3n) is 3.60. The molecule has 0 aromatic heterocycles. The van der Waals surface area contributed by atoms with E-state index in [1.807, 2.05) is 27.7 Å². The van der Waals surface area contributed by atoms with E-state index in [-0.39, 0.29) is 17.8 Å². The highest BCUT2D eigenvalue weighted by atomic mass is 19.1. The van der Waals surface area contributed by atoms with Crippen LogP contribution in [-0.4, -0.2) is 5.78 Å². The van der Waals surface area contributed by atoms with Crippen molar-refractivity contribution in [3.05, 3.63) is 69.5 Å². The number of halogens is 1. The lowest BCUT2D eigenvalue weighted by Crippen LogP contribution is -2.09. The van der Waals surface area contributed by atoms with Crippen molar-refractivity contribution in [3.63, 3.8) is 0 Å². The van der Waals surface area contributed by atoms with Crippen LogP contribution in [0.1, 0.15) is 38.2 Å². The van der Waals surface area contributed by atoms with E-state index in [2.05, 4.69) is 12.1 Å². The van der Waals surface area contributed by atoms with Gasteiger partial charge in [0, 0.05) is 6.42 Å². The van der Waals surface area contributed by atoms with Gasteiger partial charge in [-0.2, -0.15) is 0 Å². The van der Waals surface area contributed by atoms with Gasteiger partial charge in [0.05, 0.1) is 5.56 Å². The van der Waals surface area contributed by atoms with Crippen molar-refractivity contribution in [2.45, 2.75) is 34.1 Å². The van der Waals surface area contributed by atoms with Gasteiger partial charge in [-0.1, -0.05) is 29.3 Å². The minimum Gasteiger partial charge on any atom is -0.294 e. The summed E-state index contributed by atoms with van der Waals surface area (Å²) in [5, 5.41) is 0. The maximum absolute atomic E-state index is 13.8. The lowest BCUT2D eigenvalue weighted by molar-refractivity contribution is 0.0988. The third-order valence-corrected chi connectivity index (χ3v) is 3.60. The van der Waals surface area contributed by atoms with Crippen molar-refractivity contribution in [3.8, 4) is 0 Å². The third kappa shape index (κ3) is 2.96. The number of hydrogen-bond donors (Lipinski definition) is 0. The van der Waals surface area contributed by atoms with Gasteiger partial charge in [-0.3, -0.25) is 4.79 Å². The number of rotatable bonds is 3. The number of aryl methyl sites for hydroxylation is 4. The summed E-state index contributed by atoms with van der Waals surface area (Å²) in [6.07, 6.45) is 0.248. The predicted octanol–water partition coefficient (Wildman–Crippen LogP) is 4.48. The van der Waals surface area contributed by atoms with E-state index in [4.69, 9.17) is 0 Å². The van der Waals surface area contributed by atoms with Gasteiger partial charge in [-0.25, -0.2) is 4.39 Å². The normalized spacial score (nSPS) is 10.7. The summed E-state index contributed by atoms with van der Waals surface area (Å²) in [7, 11) is 0. The van der Waals surface area contributed by atoms with E-state index in [0.717, 1.165) is 22.3 Å². The highest BCUT2D eigenvalue weighted by molar-refractivity contribution is 5.98. The Morgan fingerprint density at radius 2 is 1.55 bits per heavy atom. The quantitative estimate of drug-likeness (QED) is 0.751. The van der Waals surface area contributed by atoms with Gasteiger partial charge in [0.1, 0.15) is 5.82 Å². The molecule has 0 saturated carbocycles. The number of ketones is 1. The van der Waals surface area contributed by atoms with Crippen LogP contribution in [0.2, 0.25) is 0 Å². The van der Waals surface area contributed by atoms with Gasteiger partial charge in [0.25, 0.3) is 0 Å². The van der Waals surface area contributed by atoms with Crippen LogP contribution in [0.25, 0.3) is 0 Å². The van der Waals surface area contributed by atoms with Crippen molar-refractivity contribution in [1.29, 1.82) is 0 Å². The molecule has 0 N–H and O–H groups in total. The second-order valence-electron chi connectivity index (χ2n) is 5.46. The minimum atomic E-state index is -0.442. The first kappa shape index (κ1) is 14.4. The molecule has 104 valence electrons. The Hall–Kier alpha value is -1.96. The van der Waals surface area contributed by atoms with Crippen LogP contribution in [0.4, 0.5) is 4.39 Å². The molecule has 2 aromatic carbocycles. The number of carbonyl (C=O) groups is 1. The molecule has 1 nitrogen and oxygen atoms in total. The monoisotopic (exact) mass is 270 g/mol. The standard InChI is InChI=1S/C18H19FO/c1-11-5-6-17(19)16(9-11)18(20)10-15-13(3)7-12(2)8-14(15)4/h5-9H,10H2,1-4H3. The molecule has 0 saturated heterocycles. The topological polar surface area (TPSA) is 17.1 Å². The van der Waals surface area contributed by atoms with E-state index in [0.29, 0.717) is 0 Å². The SMILES string of the molecule is Cc1cc(C)c(CC(=O)c2cc(C)ccc2F)c(C)c1. The first-order chi connectivity index (χ1) is 9.38. The van der Waals surface area contributed by atoms with Gasteiger partial charge in [-0.15, -0.1) is 0 Å². The number of hydrogen-bond acceptors (Lipinski definition) is 1. The van der Waals surface area contributed by atoms with Crippen molar-refractivity contribution in [2.75, 3.05) is 0 Å². The first-order valence-electron chi connectivity index (χ1n) is 6.74. The van der Waals surface area contributed by atoms with Crippen LogP contribution in [0.3, 0.4) is 0 Å². The van der Waals surface area contributed by atoms with Crippen molar-refractivity contribution >= 4 is 5.78 Å². The van der Waals surface area contributed by atoms with Gasteiger partial charge in [0.15, 0.2) is 5.78 Å². The first-order valence-corrected chi connectivity index (χ1v) is 6.74. The lowest BCUT2D eigenvalue weighted by Gasteiger charge is -2.11. The van der Waals surface area contributed by atoms with E-state index >= 15 is 0 Å². The molecule has 2 heteroatoms. The summed E-state index contributed by atoms with van der Waals surface area (Å²) in [5.41, 5.74) is 5.43. The van der Waals surface area contributed by atoms with Gasteiger partial charge in [0.2, 0.25) is 0 Å². The number of carbonyl (C=O) groups excluding carboxylic acids is 1. The van der Waals surface area contributed by atoms with Crippen LogP contribution in [0.5, 0.6) is 0 Å². The largest absolute Gasteiger partial charge is 0.294 e. The maximum Gasteiger partial charge on any atom is 0.170 e. The molecule has 2 rings (SSSR count). The summed E-state index contributed by atoms with van der Waals surface area (Å²) in [4.78, 5) is 12.3. The number of benzene rings is 2. The van der Waals surface area contributed by atoms with E-state index in [1.165, 1.54) is 11.6 Å². The van der Waals surface area contributed by atoms with Crippen LogP contribution in [0, 0.1) is 33.5 Å². The zero-order chi connectivity index (χ0) is 14.9. The Kier molecular flexibility index (Phi) is 4.03. The second kappa shape index (κ2) is 5.58. The zero-order valence-corrected chi connectivity index (χ0v) is 12.4. The summed E-state index contributed by atoms with van der Waals surface area (Å²) >= 11 is 0. The molecule has 0 bridgehead atoms. The minimum absolute atomic E-state index is 0.166. The molecule has 0 aliphatic rings. The van der Waals surface area contributed by atoms with Crippen LogP contribution in [-0.2, 0) is 6.42 Å². The second-order valence-corrected chi connectivity index (χ2v) is 5.46. The fourth-order valence-corrected chi connectivity index (χ4v) is 2.60. The zero-order valence-electron chi connectivity index (χ0n) is 12.4. The lowest BCUT2D eigenvalue weighted by atomic mass is 9.93. The Balaban J connectivity index is 2.35. The Morgan fingerprint density at radius 1 is 0.950 bits per heavy atom. The molecule has 0 radical (unpaired) electrons. The van der Waals surface area contributed by atoms with Crippen LogP contribution in [0.15, 0.2) is 30.3 Å². The summed E-state index contributed by atoms with van der Waals surface area (Å²) < 4.78 is 13.8. The van der Waals surface area contributed by atoms with Crippen LogP contribution >= 0.6 is 0 Å². The molecular formula is C18H19FO. The number of Topliss-reactive ketones (excluding diaryl/α,β-unsaturated/α-hetero) is 1. The van der Waals surface area contributed by atoms with Crippen molar-refractivity contribution in [2.24, 2.45) is 0 Å². The van der Waals surface area contributed by atoms with E-state index in [1.54, 1.807) is 12.1 Å². The van der Waals surface area contributed by atoms with Crippen LogP contribution < -0.4 is 0 Å². The molecule has 0 heterocycles. The van der Waals surface area contributed by atoms with Gasteiger partial charge < -0.3 is 0 Å². The molecule has 0 unspecified atom stereocenters. The molecule has 0 amide bonds. The summed E-state index contributed by atoms with van der Waals surface area (Å²) in [6, 6.07) is 8.77. The molecule has 0 aliphatic heterocycles. The van der Waals surface area contributed by atoms with Crippen molar-refractivity contribution in [1.82, 2.24) is 0 Å². The highest BCUT2D eigenvalue weighted by Gasteiger charge is 2.15. The predicted molar refractivity (Wildman–Crippen MR) is 79.8 cm³/mol. The molecule has 0 atom stereocenters. The fourth-order valence-electron chi connectivity index (χ4n) is 2.60. The average Bonchev–Trinajstić information content (AvgIpc) is 2.36. The summed E-state index contributed by atoms with van der Waals surface area (Å²) in [6.45, 7) is 7.88. The smallest absolute Gasteiger partial charge is 0.170 e. The molecule has 2 aromatic rings. The average molecular weight is 270 g/mol. The fraction of sp³-hybridized carbons (Fsp3) is 0.278. The maximum atomic E-state index is 13.8. The van der Waals surface area contributed by atoms with Gasteiger partial charge >= 0.3 is 0 Å². The van der Waals surface area contributed by atoms with Crippen molar-refractivity contribution < 1.29 is 9.18 Å². The highest BCUT2D eigenvalue weighted by Crippen LogP contribution is 2.20.